The summed E-state index contributed by atoms with van der Waals surface area (Å²) in [6.07, 6.45) is 0. The zero-order valence-corrected chi connectivity index (χ0v) is 18.4. The van der Waals surface area contributed by atoms with Crippen molar-refractivity contribution in [3.05, 3.63) is 0 Å². The fourth-order valence-corrected chi connectivity index (χ4v) is 1.74. The zero-order chi connectivity index (χ0) is 21.4. The first-order valence-electron chi connectivity index (χ1n) is 8.79. The van der Waals surface area contributed by atoms with Crippen LogP contribution in [0.25, 0.3) is 0 Å². The molecule has 0 saturated heterocycles. The first kappa shape index (κ1) is 24.6. The molecule has 0 aromatic rings. The van der Waals surface area contributed by atoms with E-state index in [9.17, 15) is 14.4 Å². The summed E-state index contributed by atoms with van der Waals surface area (Å²) in [5.74, 6) is -1.19. The lowest BCUT2D eigenvalue weighted by atomic mass is 9.65. The van der Waals surface area contributed by atoms with Crippen molar-refractivity contribution in [3.8, 4) is 0 Å². The smallest absolute Gasteiger partial charge is 0.338 e. The predicted molar refractivity (Wildman–Crippen MR) is 99.7 cm³/mol. The highest BCUT2D eigenvalue weighted by atomic mass is 16.6. The monoisotopic (exact) mass is 372 g/mol. The largest absolute Gasteiger partial charge is 0.455 e. The molecule has 0 N–H and O–H groups in total. The molecule has 0 aliphatic carbocycles. The van der Waals surface area contributed by atoms with Gasteiger partial charge in [0.2, 0.25) is 0 Å². The van der Waals surface area contributed by atoms with E-state index in [1.54, 1.807) is 69.2 Å². The first-order valence-corrected chi connectivity index (χ1v) is 8.79. The number of ketones is 1. The minimum Gasteiger partial charge on any atom is -0.455 e. The van der Waals surface area contributed by atoms with Crippen molar-refractivity contribution in [3.63, 3.8) is 0 Å². The second-order valence-electron chi connectivity index (χ2n) is 9.32. The molecule has 0 bridgehead atoms. The maximum absolute atomic E-state index is 12.9. The molecule has 0 radical (unpaired) electrons. The minimum atomic E-state index is -1.13. The van der Waals surface area contributed by atoms with Gasteiger partial charge in [0.1, 0.15) is 17.0 Å². The lowest BCUT2D eigenvalue weighted by Gasteiger charge is -2.45. The summed E-state index contributed by atoms with van der Waals surface area (Å²) in [7, 11) is 1.42. The SMILES string of the molecule is COC(C)(C)C(=O)OC(C)(C)C(C)(C)OC(=O)C(C)(C)C(C)(C)C(C)=O. The molecule has 0 aromatic carbocycles. The standard InChI is InChI=1S/C20H36O6/c1-13(21)16(2,3)17(4,5)14(22)25-19(8,9)20(10,11)26-15(23)18(6,7)24-12/h1-12H3. The molecule has 0 spiro atoms. The summed E-state index contributed by atoms with van der Waals surface area (Å²) >= 11 is 0. The molecule has 0 fully saturated rings. The number of ether oxygens (including phenoxy) is 3. The van der Waals surface area contributed by atoms with Crippen molar-refractivity contribution in [1.29, 1.82) is 0 Å². The van der Waals surface area contributed by atoms with Crippen LogP contribution in [0.1, 0.15) is 76.2 Å². The second kappa shape index (κ2) is 7.29. The molecule has 0 aliphatic heterocycles. The van der Waals surface area contributed by atoms with Crippen molar-refractivity contribution in [2.45, 2.75) is 93.0 Å². The molecule has 0 saturated carbocycles. The normalized spacial score (nSPS) is 14.0. The Morgan fingerprint density at radius 1 is 0.615 bits per heavy atom. The third kappa shape index (κ3) is 4.64. The Morgan fingerprint density at radius 3 is 1.27 bits per heavy atom. The van der Waals surface area contributed by atoms with Gasteiger partial charge in [-0.25, -0.2) is 4.79 Å². The van der Waals surface area contributed by atoms with Crippen LogP contribution in [0.5, 0.6) is 0 Å². The third-order valence-corrected chi connectivity index (χ3v) is 6.10. The highest BCUT2D eigenvalue weighted by Crippen LogP contribution is 2.42. The highest BCUT2D eigenvalue weighted by molar-refractivity contribution is 5.90. The van der Waals surface area contributed by atoms with Crippen LogP contribution in [0.15, 0.2) is 0 Å². The van der Waals surface area contributed by atoms with E-state index >= 15 is 0 Å². The fraction of sp³-hybridized carbons (Fsp3) is 0.850. The van der Waals surface area contributed by atoms with E-state index in [-0.39, 0.29) is 5.78 Å². The van der Waals surface area contributed by atoms with Gasteiger partial charge in [0.15, 0.2) is 5.60 Å². The Hall–Kier alpha value is -1.43. The molecular formula is C20H36O6. The summed E-state index contributed by atoms with van der Waals surface area (Å²) < 4.78 is 16.5. The molecular weight excluding hydrogens is 336 g/mol. The number of esters is 2. The van der Waals surface area contributed by atoms with E-state index < -0.39 is 39.6 Å². The minimum absolute atomic E-state index is 0.107. The van der Waals surface area contributed by atoms with Crippen molar-refractivity contribution in [2.75, 3.05) is 7.11 Å². The molecule has 152 valence electrons. The number of Topliss-reactive ketones (excluding diaryl/α,β-unsaturated/α-hetero) is 1. The van der Waals surface area contributed by atoms with Gasteiger partial charge in [0.05, 0.1) is 5.41 Å². The number of carbonyl (C=O) groups is 3. The summed E-state index contributed by atoms with van der Waals surface area (Å²) in [4.78, 5) is 37.2. The van der Waals surface area contributed by atoms with Crippen molar-refractivity contribution < 1.29 is 28.6 Å². The second-order valence-corrected chi connectivity index (χ2v) is 9.32. The van der Waals surface area contributed by atoms with Crippen molar-refractivity contribution >= 4 is 17.7 Å². The van der Waals surface area contributed by atoms with Crippen LogP contribution in [0.4, 0.5) is 0 Å². The fourth-order valence-electron chi connectivity index (χ4n) is 1.74. The molecule has 0 unspecified atom stereocenters. The van der Waals surface area contributed by atoms with Gasteiger partial charge in [-0.05, 0) is 62.3 Å². The molecule has 0 heterocycles. The van der Waals surface area contributed by atoms with E-state index in [2.05, 4.69) is 0 Å². The van der Waals surface area contributed by atoms with Crippen LogP contribution >= 0.6 is 0 Å². The quantitative estimate of drug-likeness (QED) is 0.605. The molecule has 0 aliphatic rings. The summed E-state index contributed by atoms with van der Waals surface area (Å²) in [6.45, 7) is 18.2. The Balaban J connectivity index is 5.55. The van der Waals surface area contributed by atoms with Crippen LogP contribution < -0.4 is 0 Å². The van der Waals surface area contributed by atoms with Crippen molar-refractivity contribution in [1.82, 2.24) is 0 Å². The van der Waals surface area contributed by atoms with E-state index in [1.807, 2.05) is 0 Å². The molecule has 6 heteroatoms. The molecule has 0 aromatic heterocycles. The van der Waals surface area contributed by atoms with Crippen LogP contribution in [-0.4, -0.2) is 41.6 Å². The number of rotatable bonds is 8. The van der Waals surface area contributed by atoms with E-state index in [1.165, 1.54) is 14.0 Å². The third-order valence-electron chi connectivity index (χ3n) is 6.10. The van der Waals surface area contributed by atoms with Gasteiger partial charge in [-0.15, -0.1) is 0 Å². The number of hydrogen-bond donors (Lipinski definition) is 0. The van der Waals surface area contributed by atoms with E-state index in [0.717, 1.165) is 0 Å². The van der Waals surface area contributed by atoms with Crippen molar-refractivity contribution in [2.24, 2.45) is 10.8 Å². The van der Waals surface area contributed by atoms with E-state index in [0.29, 0.717) is 0 Å². The average molecular weight is 373 g/mol. The molecule has 0 atom stereocenters. The lowest BCUT2D eigenvalue weighted by molar-refractivity contribution is -0.217. The van der Waals surface area contributed by atoms with Gasteiger partial charge in [-0.1, -0.05) is 13.8 Å². The lowest BCUT2D eigenvalue weighted by Crippen LogP contribution is -2.56. The van der Waals surface area contributed by atoms with Gasteiger partial charge >= 0.3 is 11.9 Å². The van der Waals surface area contributed by atoms with Crippen LogP contribution in [0.2, 0.25) is 0 Å². The van der Waals surface area contributed by atoms with Gasteiger partial charge < -0.3 is 14.2 Å². The first-order chi connectivity index (χ1) is 11.3. The van der Waals surface area contributed by atoms with Crippen LogP contribution in [0, 0.1) is 10.8 Å². The van der Waals surface area contributed by atoms with Gasteiger partial charge in [-0.3, -0.25) is 9.59 Å². The van der Waals surface area contributed by atoms with Gasteiger partial charge in [0.25, 0.3) is 0 Å². The van der Waals surface area contributed by atoms with Gasteiger partial charge in [-0.2, -0.15) is 0 Å². The van der Waals surface area contributed by atoms with Crippen LogP contribution in [0.3, 0.4) is 0 Å². The molecule has 0 amide bonds. The average Bonchev–Trinajstić information content (AvgIpc) is 2.45. The van der Waals surface area contributed by atoms with E-state index in [4.69, 9.17) is 14.2 Å². The molecule has 0 rings (SSSR count). The topological polar surface area (TPSA) is 78.9 Å². The zero-order valence-electron chi connectivity index (χ0n) is 18.4. The summed E-state index contributed by atoms with van der Waals surface area (Å²) in [5.41, 5.74) is -5.33. The predicted octanol–water partition coefficient (Wildman–Crippen LogP) is 3.70. The number of hydrogen-bond acceptors (Lipinski definition) is 6. The Morgan fingerprint density at radius 2 is 0.962 bits per heavy atom. The molecule has 6 nitrogen and oxygen atoms in total. The Bertz CT molecular complexity index is 567. The maximum atomic E-state index is 12.9. The maximum Gasteiger partial charge on any atom is 0.338 e. The van der Waals surface area contributed by atoms with Crippen LogP contribution in [-0.2, 0) is 28.6 Å². The Labute approximate surface area is 157 Å². The summed E-state index contributed by atoms with van der Waals surface area (Å²) in [6, 6.07) is 0. The molecule has 26 heavy (non-hydrogen) atoms. The highest BCUT2D eigenvalue weighted by Gasteiger charge is 2.52. The Kier molecular flexibility index (Phi) is 6.89. The number of carbonyl (C=O) groups excluding carboxylic acids is 3. The number of methoxy groups -OCH3 is 1. The van der Waals surface area contributed by atoms with Gasteiger partial charge in [0, 0.05) is 12.5 Å². The summed E-state index contributed by atoms with van der Waals surface area (Å²) in [5, 5.41) is 0.